The highest BCUT2D eigenvalue weighted by Gasteiger charge is 2.44. The lowest BCUT2D eigenvalue weighted by Gasteiger charge is -2.27. The van der Waals surface area contributed by atoms with Crippen LogP contribution in [0.4, 0.5) is 26.7 Å². The second kappa shape index (κ2) is 11.5. The van der Waals surface area contributed by atoms with Gasteiger partial charge in [-0.05, 0) is 47.9 Å². The normalized spacial score (nSPS) is 11.7. The van der Waals surface area contributed by atoms with Gasteiger partial charge in [-0.1, -0.05) is 42.5 Å². The molecule has 0 saturated heterocycles. The molecular weight excluding hydrogens is 513 g/mol. The van der Waals surface area contributed by atoms with Crippen LogP contribution in [0, 0.1) is 0 Å². The molecule has 3 aromatic rings. The molecule has 0 bridgehead atoms. The molecule has 0 aliphatic carbocycles. The van der Waals surface area contributed by atoms with Crippen molar-refractivity contribution in [2.75, 3.05) is 13.7 Å². The van der Waals surface area contributed by atoms with Gasteiger partial charge in [0.25, 0.3) is 0 Å². The fourth-order valence-electron chi connectivity index (χ4n) is 3.82. The van der Waals surface area contributed by atoms with Crippen LogP contribution < -0.4 is 4.74 Å². The number of hydrogen-bond donors (Lipinski definition) is 1. The molecular formula is C27H24F5NO5. The number of aliphatic carboxylic acids is 1. The summed E-state index contributed by atoms with van der Waals surface area (Å²) in [6.07, 6.45) is -5.49. The number of ether oxygens (including phenoxy) is 2. The lowest BCUT2D eigenvalue weighted by molar-refractivity contribution is -0.166. The zero-order valence-corrected chi connectivity index (χ0v) is 20.4. The largest absolute Gasteiger partial charge is 0.496 e. The smallest absolute Gasteiger partial charge is 0.416 e. The van der Waals surface area contributed by atoms with Crippen molar-refractivity contribution in [1.29, 1.82) is 0 Å². The quantitative estimate of drug-likeness (QED) is 0.307. The van der Waals surface area contributed by atoms with Gasteiger partial charge in [-0.2, -0.15) is 22.0 Å². The molecule has 0 fully saturated rings. The molecule has 0 atom stereocenters. The molecule has 202 valence electrons. The Bertz CT molecular complexity index is 1280. The maximum atomic E-state index is 14.9. The van der Waals surface area contributed by atoms with Gasteiger partial charge in [0.15, 0.2) is 0 Å². The lowest BCUT2D eigenvalue weighted by atomic mass is 9.90. The van der Waals surface area contributed by atoms with E-state index in [-0.39, 0.29) is 35.6 Å². The predicted molar refractivity (Wildman–Crippen MR) is 128 cm³/mol. The number of carbonyl (C=O) groups is 2. The predicted octanol–water partition coefficient (Wildman–Crippen LogP) is 6.72. The molecule has 0 unspecified atom stereocenters. The molecule has 0 saturated carbocycles. The van der Waals surface area contributed by atoms with Gasteiger partial charge in [-0.25, -0.2) is 9.59 Å². The van der Waals surface area contributed by atoms with Gasteiger partial charge in [-0.15, -0.1) is 0 Å². The van der Waals surface area contributed by atoms with E-state index in [4.69, 9.17) is 9.47 Å². The highest BCUT2D eigenvalue weighted by molar-refractivity contribution is 5.83. The van der Waals surface area contributed by atoms with Gasteiger partial charge in [-0.3, -0.25) is 0 Å². The third-order valence-electron chi connectivity index (χ3n) is 5.80. The first-order valence-electron chi connectivity index (χ1n) is 11.3. The minimum atomic E-state index is -4.63. The Hall–Kier alpha value is -4.15. The Balaban J connectivity index is 2.11. The summed E-state index contributed by atoms with van der Waals surface area (Å²) in [5.41, 5.74) is -1.55. The summed E-state index contributed by atoms with van der Waals surface area (Å²) in [5, 5.41) is 9.23. The van der Waals surface area contributed by atoms with Gasteiger partial charge in [0.2, 0.25) is 0 Å². The Morgan fingerprint density at radius 3 is 2.08 bits per heavy atom. The number of alkyl halides is 5. The van der Waals surface area contributed by atoms with E-state index in [1.807, 2.05) is 0 Å². The number of carbonyl (C=O) groups excluding carboxylic acids is 1. The van der Waals surface area contributed by atoms with Gasteiger partial charge in [0, 0.05) is 17.7 Å². The average molecular weight is 537 g/mol. The molecule has 0 aliphatic heterocycles. The zero-order valence-electron chi connectivity index (χ0n) is 20.4. The van der Waals surface area contributed by atoms with Crippen molar-refractivity contribution in [3.05, 3.63) is 89.0 Å². The summed E-state index contributed by atoms with van der Waals surface area (Å²) in [6.45, 7) is 0.931. The van der Waals surface area contributed by atoms with Crippen LogP contribution in [0.5, 0.6) is 5.75 Å². The summed E-state index contributed by atoms with van der Waals surface area (Å²) in [7, 11) is 1.23. The molecule has 1 N–H and O–H groups in total. The molecule has 6 nitrogen and oxygen atoms in total. The maximum Gasteiger partial charge on any atom is 0.416 e. The van der Waals surface area contributed by atoms with Crippen molar-refractivity contribution in [2.45, 2.75) is 32.2 Å². The molecule has 0 aliphatic rings. The number of nitrogens with zero attached hydrogens (tertiary/aromatic N) is 1. The molecule has 3 aromatic carbocycles. The molecule has 38 heavy (non-hydrogen) atoms. The summed E-state index contributed by atoms with van der Waals surface area (Å²) < 4.78 is 79.7. The van der Waals surface area contributed by atoms with Crippen LogP contribution in [-0.4, -0.2) is 35.7 Å². The van der Waals surface area contributed by atoms with E-state index in [9.17, 15) is 36.6 Å². The molecule has 0 spiro atoms. The molecule has 0 heterocycles. The van der Waals surface area contributed by atoms with Gasteiger partial charge in [0.05, 0.1) is 19.2 Å². The highest BCUT2D eigenvalue weighted by atomic mass is 19.4. The lowest BCUT2D eigenvalue weighted by Crippen LogP contribution is -2.33. The maximum absolute atomic E-state index is 14.9. The molecule has 11 heteroatoms. The number of halogens is 5. The first kappa shape index (κ1) is 28.4. The second-order valence-corrected chi connectivity index (χ2v) is 8.18. The second-order valence-electron chi connectivity index (χ2n) is 8.18. The third kappa shape index (κ3) is 6.21. The van der Waals surface area contributed by atoms with Crippen LogP contribution in [0.15, 0.2) is 66.7 Å². The number of hydrogen-bond acceptors (Lipinski definition) is 4. The van der Waals surface area contributed by atoms with Crippen molar-refractivity contribution in [2.24, 2.45) is 0 Å². The van der Waals surface area contributed by atoms with E-state index in [2.05, 4.69) is 0 Å². The number of rotatable bonds is 9. The Labute approximate surface area is 215 Å². The summed E-state index contributed by atoms with van der Waals surface area (Å²) in [6, 6.07) is 14.3. The van der Waals surface area contributed by atoms with E-state index >= 15 is 0 Å². The van der Waals surface area contributed by atoms with Crippen LogP contribution in [0.2, 0.25) is 0 Å². The fourth-order valence-corrected chi connectivity index (χ4v) is 3.82. The fraction of sp³-hybridized carbons (Fsp3) is 0.259. The summed E-state index contributed by atoms with van der Waals surface area (Å²) in [4.78, 5) is 25.4. The SMILES string of the molecule is CCN(Cc1c(C(F)(F)C(=O)O)ccc(OC)c1-c1ccc(C(F)(F)F)cc1)C(=O)OCc1ccccc1. The Morgan fingerprint density at radius 2 is 1.55 bits per heavy atom. The average Bonchev–Trinajstić information content (AvgIpc) is 2.89. The van der Waals surface area contributed by atoms with Crippen LogP contribution in [0.1, 0.15) is 29.2 Å². The van der Waals surface area contributed by atoms with Gasteiger partial charge >= 0.3 is 24.2 Å². The van der Waals surface area contributed by atoms with Crippen molar-refractivity contribution >= 4 is 12.1 Å². The Kier molecular flexibility index (Phi) is 8.60. The number of amides is 1. The van der Waals surface area contributed by atoms with Crippen molar-refractivity contribution < 1.29 is 46.1 Å². The van der Waals surface area contributed by atoms with E-state index in [0.29, 0.717) is 5.56 Å². The molecule has 1 amide bonds. The summed E-state index contributed by atoms with van der Waals surface area (Å²) >= 11 is 0. The summed E-state index contributed by atoms with van der Waals surface area (Å²) in [5.74, 6) is -6.81. The molecule has 0 aromatic heterocycles. The van der Waals surface area contributed by atoms with Crippen molar-refractivity contribution in [3.63, 3.8) is 0 Å². The van der Waals surface area contributed by atoms with Crippen molar-refractivity contribution in [3.8, 4) is 16.9 Å². The van der Waals surface area contributed by atoms with Crippen LogP contribution in [0.25, 0.3) is 11.1 Å². The molecule has 0 radical (unpaired) electrons. The van der Waals surface area contributed by atoms with Crippen LogP contribution in [-0.2, 0) is 34.8 Å². The van der Waals surface area contributed by atoms with Crippen molar-refractivity contribution in [1.82, 2.24) is 4.90 Å². The number of methoxy groups -OCH3 is 1. The topological polar surface area (TPSA) is 76.1 Å². The van der Waals surface area contributed by atoms with Crippen LogP contribution >= 0.6 is 0 Å². The zero-order chi connectivity index (χ0) is 28.1. The van der Waals surface area contributed by atoms with Crippen LogP contribution in [0.3, 0.4) is 0 Å². The van der Waals surface area contributed by atoms with E-state index in [1.54, 1.807) is 37.3 Å². The number of benzene rings is 3. The van der Waals surface area contributed by atoms with E-state index < -0.39 is 41.8 Å². The highest BCUT2D eigenvalue weighted by Crippen LogP contribution is 2.42. The third-order valence-corrected chi connectivity index (χ3v) is 5.80. The van der Waals surface area contributed by atoms with E-state index in [1.165, 1.54) is 7.11 Å². The standard InChI is InChI=1S/C27H24F5NO5/c1-3-33(25(36)38-16-17-7-5-4-6-8-17)15-20-21(26(28,29)24(34)35)13-14-22(37-2)23(20)18-9-11-19(12-10-18)27(30,31)32/h4-14H,3,15-16H2,1-2H3,(H,34,35). The first-order valence-corrected chi connectivity index (χ1v) is 11.3. The van der Waals surface area contributed by atoms with Gasteiger partial charge < -0.3 is 19.5 Å². The first-order chi connectivity index (χ1) is 17.9. The minimum absolute atomic E-state index is 0.00148. The molecule has 3 rings (SSSR count). The van der Waals surface area contributed by atoms with E-state index in [0.717, 1.165) is 41.3 Å². The monoisotopic (exact) mass is 537 g/mol. The minimum Gasteiger partial charge on any atom is -0.496 e. The number of carboxylic acid groups (broad SMARTS) is 1. The Morgan fingerprint density at radius 1 is 0.921 bits per heavy atom. The number of carboxylic acids is 1. The van der Waals surface area contributed by atoms with Gasteiger partial charge in [0.1, 0.15) is 12.4 Å².